The highest BCUT2D eigenvalue weighted by Crippen LogP contribution is 2.22. The third-order valence-corrected chi connectivity index (χ3v) is 8.13. The SMILES string of the molecule is O=C(Nc1ccccc1C(=O)N1CCCN(S(=O)(=O)c2ccc(F)cc2)CC1)c1cccs1. The number of halogens is 1. The van der Waals surface area contributed by atoms with Crippen LogP contribution in [0.1, 0.15) is 26.5 Å². The third kappa shape index (κ3) is 5.13. The van der Waals surface area contributed by atoms with E-state index in [1.54, 1.807) is 46.7 Å². The molecule has 4 rings (SSSR count). The van der Waals surface area contributed by atoms with Gasteiger partial charge in [-0.25, -0.2) is 12.8 Å². The molecular formula is C23H22FN3O4S2. The Bertz CT molecular complexity index is 1240. The zero-order valence-electron chi connectivity index (χ0n) is 17.6. The van der Waals surface area contributed by atoms with Gasteiger partial charge in [0.2, 0.25) is 10.0 Å². The van der Waals surface area contributed by atoms with Crippen LogP contribution in [-0.4, -0.2) is 55.6 Å². The summed E-state index contributed by atoms with van der Waals surface area (Å²) in [7, 11) is -3.79. The minimum absolute atomic E-state index is 0.0188. The van der Waals surface area contributed by atoms with Crippen LogP contribution in [0.15, 0.2) is 70.9 Å². The first-order chi connectivity index (χ1) is 15.9. The molecule has 0 bridgehead atoms. The molecule has 0 aliphatic carbocycles. The van der Waals surface area contributed by atoms with Gasteiger partial charge >= 0.3 is 0 Å². The Morgan fingerprint density at radius 2 is 1.67 bits per heavy atom. The van der Waals surface area contributed by atoms with Gasteiger partial charge in [0.1, 0.15) is 5.82 Å². The number of anilines is 1. The number of nitrogens with one attached hydrogen (secondary N) is 1. The van der Waals surface area contributed by atoms with E-state index >= 15 is 0 Å². The molecule has 2 heterocycles. The molecule has 10 heteroatoms. The highest BCUT2D eigenvalue weighted by Gasteiger charge is 2.29. The summed E-state index contributed by atoms with van der Waals surface area (Å²) in [4.78, 5) is 27.9. The van der Waals surface area contributed by atoms with E-state index in [1.807, 2.05) is 0 Å². The molecular weight excluding hydrogens is 465 g/mol. The third-order valence-electron chi connectivity index (χ3n) is 5.34. The van der Waals surface area contributed by atoms with Gasteiger partial charge in [-0.1, -0.05) is 18.2 Å². The summed E-state index contributed by atoms with van der Waals surface area (Å²) in [5.74, 6) is -1.08. The summed E-state index contributed by atoms with van der Waals surface area (Å²) in [5, 5.41) is 4.60. The zero-order valence-corrected chi connectivity index (χ0v) is 19.2. The Morgan fingerprint density at radius 3 is 2.39 bits per heavy atom. The van der Waals surface area contributed by atoms with Crippen LogP contribution in [0.3, 0.4) is 0 Å². The maximum atomic E-state index is 13.3. The van der Waals surface area contributed by atoms with E-state index in [9.17, 15) is 22.4 Å². The molecule has 1 aromatic heterocycles. The average Bonchev–Trinajstić information content (AvgIpc) is 3.23. The normalized spacial score (nSPS) is 15.1. The lowest BCUT2D eigenvalue weighted by molar-refractivity contribution is 0.0765. The smallest absolute Gasteiger partial charge is 0.265 e. The Balaban J connectivity index is 1.48. The van der Waals surface area contributed by atoms with Crippen molar-refractivity contribution in [3.63, 3.8) is 0 Å². The van der Waals surface area contributed by atoms with Crippen molar-refractivity contribution in [2.75, 3.05) is 31.5 Å². The topological polar surface area (TPSA) is 86.8 Å². The summed E-state index contributed by atoms with van der Waals surface area (Å²) in [6.45, 7) is 0.948. The number of carbonyl (C=O) groups is 2. The molecule has 0 radical (unpaired) electrons. The van der Waals surface area contributed by atoms with Gasteiger partial charge in [-0.2, -0.15) is 4.31 Å². The number of carbonyl (C=O) groups excluding carboxylic acids is 2. The van der Waals surface area contributed by atoms with Crippen molar-refractivity contribution >= 4 is 38.9 Å². The van der Waals surface area contributed by atoms with Crippen molar-refractivity contribution in [3.8, 4) is 0 Å². The van der Waals surface area contributed by atoms with E-state index in [1.165, 1.54) is 27.8 Å². The standard InChI is InChI=1S/C23H22FN3O4S2/c24-17-8-10-18(11-9-17)33(30,31)27-13-4-12-26(14-15-27)23(29)19-5-1-2-6-20(19)25-22(28)21-7-3-16-32-21/h1-3,5-11,16H,4,12-15H2,(H,25,28). The zero-order chi connectivity index (χ0) is 23.4. The van der Waals surface area contributed by atoms with Crippen LogP contribution < -0.4 is 5.32 Å². The van der Waals surface area contributed by atoms with Crippen molar-refractivity contribution in [2.45, 2.75) is 11.3 Å². The first-order valence-electron chi connectivity index (χ1n) is 10.3. The number of amides is 2. The number of nitrogens with zero attached hydrogens (tertiary/aromatic N) is 2. The van der Waals surface area contributed by atoms with E-state index in [-0.39, 0.29) is 36.3 Å². The largest absolute Gasteiger partial charge is 0.337 e. The van der Waals surface area contributed by atoms with E-state index in [0.29, 0.717) is 29.1 Å². The van der Waals surface area contributed by atoms with Gasteiger partial charge in [0.25, 0.3) is 11.8 Å². The van der Waals surface area contributed by atoms with Crippen molar-refractivity contribution < 1.29 is 22.4 Å². The number of sulfonamides is 1. The van der Waals surface area contributed by atoms with Gasteiger partial charge in [-0.3, -0.25) is 9.59 Å². The van der Waals surface area contributed by atoms with Gasteiger partial charge < -0.3 is 10.2 Å². The molecule has 0 unspecified atom stereocenters. The molecule has 33 heavy (non-hydrogen) atoms. The van der Waals surface area contributed by atoms with E-state index in [2.05, 4.69) is 5.32 Å². The van der Waals surface area contributed by atoms with Gasteiger partial charge in [-0.05, 0) is 54.3 Å². The summed E-state index contributed by atoms with van der Waals surface area (Å²) < 4.78 is 40.4. The second-order valence-corrected chi connectivity index (χ2v) is 10.4. The molecule has 172 valence electrons. The molecule has 7 nitrogen and oxygen atoms in total. The van der Waals surface area contributed by atoms with E-state index < -0.39 is 15.8 Å². The number of hydrogen-bond donors (Lipinski definition) is 1. The predicted molar refractivity (Wildman–Crippen MR) is 124 cm³/mol. The Kier molecular flexibility index (Phi) is 6.87. The minimum Gasteiger partial charge on any atom is -0.337 e. The highest BCUT2D eigenvalue weighted by atomic mass is 32.2. The number of hydrogen-bond acceptors (Lipinski definition) is 5. The van der Waals surface area contributed by atoms with Crippen LogP contribution >= 0.6 is 11.3 Å². The number of thiophene rings is 1. The van der Waals surface area contributed by atoms with Crippen molar-refractivity contribution in [1.82, 2.24) is 9.21 Å². The molecule has 2 amide bonds. The van der Waals surface area contributed by atoms with Gasteiger partial charge in [0, 0.05) is 26.2 Å². The maximum absolute atomic E-state index is 13.3. The number of para-hydroxylation sites is 1. The predicted octanol–water partition coefficient (Wildman–Crippen LogP) is 3.68. The molecule has 1 saturated heterocycles. The number of benzene rings is 2. The molecule has 0 saturated carbocycles. The summed E-state index contributed by atoms with van der Waals surface area (Å²) in [6, 6.07) is 15.0. The Morgan fingerprint density at radius 1 is 0.909 bits per heavy atom. The highest BCUT2D eigenvalue weighted by molar-refractivity contribution is 7.89. The molecule has 1 aliphatic heterocycles. The van der Waals surface area contributed by atoms with Gasteiger partial charge in [-0.15, -0.1) is 11.3 Å². The fourth-order valence-corrected chi connectivity index (χ4v) is 5.72. The fourth-order valence-electron chi connectivity index (χ4n) is 3.63. The summed E-state index contributed by atoms with van der Waals surface area (Å²) in [5.41, 5.74) is 0.748. The van der Waals surface area contributed by atoms with Crippen molar-refractivity contribution in [1.29, 1.82) is 0 Å². The van der Waals surface area contributed by atoms with Crippen LogP contribution in [0.25, 0.3) is 0 Å². The fraction of sp³-hybridized carbons (Fsp3) is 0.217. The second kappa shape index (κ2) is 9.82. The van der Waals surface area contributed by atoms with Gasteiger partial charge in [0.05, 0.1) is 21.0 Å². The van der Waals surface area contributed by atoms with Crippen molar-refractivity contribution in [2.24, 2.45) is 0 Å². The molecule has 0 atom stereocenters. The second-order valence-electron chi connectivity index (χ2n) is 7.48. The average molecular weight is 488 g/mol. The lowest BCUT2D eigenvalue weighted by atomic mass is 10.1. The van der Waals surface area contributed by atoms with Crippen LogP contribution in [0, 0.1) is 5.82 Å². The first-order valence-corrected chi connectivity index (χ1v) is 12.7. The van der Waals surface area contributed by atoms with E-state index in [4.69, 9.17) is 0 Å². The molecule has 0 spiro atoms. The summed E-state index contributed by atoms with van der Waals surface area (Å²) in [6.07, 6.45) is 0.454. The Hall–Kier alpha value is -3.08. The molecule has 2 aromatic carbocycles. The molecule has 1 fully saturated rings. The lowest BCUT2D eigenvalue weighted by Crippen LogP contribution is -2.37. The maximum Gasteiger partial charge on any atom is 0.265 e. The lowest BCUT2D eigenvalue weighted by Gasteiger charge is -2.23. The van der Waals surface area contributed by atoms with E-state index in [0.717, 1.165) is 12.1 Å². The van der Waals surface area contributed by atoms with Gasteiger partial charge in [0.15, 0.2) is 0 Å². The molecule has 1 N–H and O–H groups in total. The van der Waals surface area contributed by atoms with Crippen LogP contribution in [0.2, 0.25) is 0 Å². The molecule has 1 aliphatic rings. The van der Waals surface area contributed by atoms with Crippen LogP contribution in [-0.2, 0) is 10.0 Å². The van der Waals surface area contributed by atoms with Crippen LogP contribution in [0.5, 0.6) is 0 Å². The molecule has 3 aromatic rings. The summed E-state index contributed by atoms with van der Waals surface area (Å²) >= 11 is 1.31. The first kappa shape index (κ1) is 23.1. The van der Waals surface area contributed by atoms with Crippen LogP contribution in [0.4, 0.5) is 10.1 Å². The Labute approximate surface area is 195 Å². The number of rotatable bonds is 5. The minimum atomic E-state index is -3.79. The van der Waals surface area contributed by atoms with Crippen molar-refractivity contribution in [3.05, 3.63) is 82.3 Å². The quantitative estimate of drug-likeness (QED) is 0.595. The monoisotopic (exact) mass is 487 g/mol.